The van der Waals surface area contributed by atoms with E-state index in [1.165, 1.54) is 4.80 Å². The largest absolute Gasteiger partial charge is 0.388 e. The average Bonchev–Trinajstić information content (AvgIpc) is 4.00. The summed E-state index contributed by atoms with van der Waals surface area (Å²) in [7, 11) is 0. The third-order valence-corrected chi connectivity index (χ3v) is 10.2. The van der Waals surface area contributed by atoms with Crippen LogP contribution in [-0.2, 0) is 6.42 Å². The molecule has 1 saturated heterocycles. The van der Waals surface area contributed by atoms with E-state index in [1.807, 2.05) is 52.8 Å². The van der Waals surface area contributed by atoms with E-state index in [4.69, 9.17) is 15.0 Å². The number of hydrogen-bond donors (Lipinski definition) is 5. The first-order valence-electron chi connectivity index (χ1n) is 18.0. The van der Waals surface area contributed by atoms with E-state index >= 15 is 0 Å². The number of rotatable bonds is 11. The Balaban J connectivity index is 1.10. The third kappa shape index (κ3) is 7.12. The van der Waals surface area contributed by atoms with Crippen LogP contribution in [0.4, 0.5) is 22.2 Å². The van der Waals surface area contributed by atoms with Crippen molar-refractivity contribution < 1.29 is 15.0 Å². The molecular weight excluding hydrogens is 672 g/mol. The molecule has 5 heterocycles. The van der Waals surface area contributed by atoms with Crippen LogP contribution in [0.5, 0.6) is 0 Å². The number of carbonyl (C=O) groups is 1. The zero-order valence-corrected chi connectivity index (χ0v) is 29.3. The smallest absolute Gasteiger partial charge is 0.319 e. The van der Waals surface area contributed by atoms with Gasteiger partial charge in [-0.1, -0.05) is 67.6 Å². The molecule has 4 aromatic heterocycles. The summed E-state index contributed by atoms with van der Waals surface area (Å²) in [6.07, 6.45) is 6.19. The minimum Gasteiger partial charge on any atom is -0.388 e. The summed E-state index contributed by atoms with van der Waals surface area (Å²) in [5.41, 5.74) is 4.82. The molecule has 1 aliphatic carbocycles. The molecule has 0 bridgehead atoms. The van der Waals surface area contributed by atoms with Gasteiger partial charge in [0.1, 0.15) is 18.2 Å². The normalized spacial score (nSPS) is 21.4. The molecule has 2 aromatic carbocycles. The van der Waals surface area contributed by atoms with E-state index in [0.29, 0.717) is 67.5 Å². The average molecular weight is 715 g/mol. The van der Waals surface area contributed by atoms with Crippen molar-refractivity contribution in [2.75, 3.05) is 35.2 Å². The van der Waals surface area contributed by atoms with Gasteiger partial charge in [-0.2, -0.15) is 25.0 Å². The molecule has 53 heavy (non-hydrogen) atoms. The lowest BCUT2D eigenvalue weighted by Gasteiger charge is -2.22. The predicted molar refractivity (Wildman–Crippen MR) is 200 cm³/mol. The van der Waals surface area contributed by atoms with Crippen molar-refractivity contribution in [1.82, 2.24) is 44.8 Å². The lowest BCUT2D eigenvalue weighted by atomic mass is 9.91. The van der Waals surface area contributed by atoms with E-state index in [2.05, 4.69) is 55.4 Å². The Hall–Kier alpha value is -5.93. The molecule has 0 spiro atoms. The fourth-order valence-corrected chi connectivity index (χ4v) is 7.38. The number of imidazole rings is 1. The number of anilines is 3. The van der Waals surface area contributed by atoms with E-state index in [0.717, 1.165) is 16.8 Å². The molecule has 2 fully saturated rings. The van der Waals surface area contributed by atoms with Gasteiger partial charge in [-0.05, 0) is 42.5 Å². The summed E-state index contributed by atoms with van der Waals surface area (Å²) in [5.74, 6) is 1.05. The summed E-state index contributed by atoms with van der Waals surface area (Å²) >= 11 is 0. The SMILES string of the molecule is CCc1cnn([C@H]2C[C@@H](n3cnc4c(NCC(c5ccccc5)c5ccccc5)nc(N5CC[C@@H](NC(=O)Nc6cccnc6)C5)nc43)[C@H](O)[C@@H]2O)n1. The Morgan fingerprint density at radius 1 is 0.943 bits per heavy atom. The van der Waals surface area contributed by atoms with Crippen molar-refractivity contribution in [3.63, 3.8) is 0 Å². The molecule has 2 aliphatic rings. The second-order valence-corrected chi connectivity index (χ2v) is 13.6. The highest BCUT2D eigenvalue weighted by molar-refractivity contribution is 5.89. The molecule has 15 heteroatoms. The molecule has 2 amide bonds. The van der Waals surface area contributed by atoms with Crippen molar-refractivity contribution in [2.24, 2.45) is 0 Å². The maximum absolute atomic E-state index is 12.8. The van der Waals surface area contributed by atoms with E-state index in [1.54, 1.807) is 37.1 Å². The lowest BCUT2D eigenvalue weighted by molar-refractivity contribution is 0.00497. The summed E-state index contributed by atoms with van der Waals surface area (Å²) in [5, 5.41) is 41.0. The first-order valence-corrected chi connectivity index (χ1v) is 18.0. The Labute approximate surface area is 306 Å². The molecule has 1 saturated carbocycles. The van der Waals surface area contributed by atoms with Crippen molar-refractivity contribution in [3.05, 3.63) is 115 Å². The summed E-state index contributed by atoms with van der Waals surface area (Å²) in [6.45, 7) is 3.64. The summed E-state index contributed by atoms with van der Waals surface area (Å²) < 4.78 is 1.84. The quantitative estimate of drug-likeness (QED) is 0.131. The molecular formula is C38H42N12O3. The standard InChI is InChI=1S/C38H42N12O3/c1-2-26-20-42-50(47-26)31-18-30(33(51)34(31)52)49-23-41-32-35(40-21-29(24-10-5-3-6-11-24)25-12-7-4-8-13-25)45-37(46-36(32)49)48-17-15-28(22-48)44-38(53)43-27-14-9-16-39-19-27/h3-14,16,19-20,23,28-31,33-34,51-52H,2,15,17-18,21-22H2,1H3,(H,40,45,46)(H2,43,44,53)/t28-,30-,31+,33+,34-/m1/s1. The minimum atomic E-state index is -1.11. The number of aliphatic hydroxyl groups excluding tert-OH is 2. The summed E-state index contributed by atoms with van der Waals surface area (Å²) in [4.78, 5) is 35.3. The van der Waals surface area contributed by atoms with Gasteiger partial charge in [0.2, 0.25) is 5.95 Å². The molecule has 15 nitrogen and oxygen atoms in total. The van der Waals surface area contributed by atoms with E-state index in [9.17, 15) is 15.0 Å². The van der Waals surface area contributed by atoms with E-state index < -0.39 is 24.3 Å². The van der Waals surface area contributed by atoms with Crippen LogP contribution in [0.3, 0.4) is 0 Å². The topological polar surface area (TPSA) is 184 Å². The maximum atomic E-state index is 12.8. The van der Waals surface area contributed by atoms with Gasteiger partial charge in [0.15, 0.2) is 17.0 Å². The summed E-state index contributed by atoms with van der Waals surface area (Å²) in [6, 6.07) is 22.7. The fourth-order valence-electron chi connectivity index (χ4n) is 7.38. The van der Waals surface area contributed by atoms with Gasteiger partial charge in [0.25, 0.3) is 0 Å². The van der Waals surface area contributed by atoms with Crippen LogP contribution in [0.15, 0.2) is 97.7 Å². The molecule has 1 aliphatic heterocycles. The van der Waals surface area contributed by atoms with Crippen molar-refractivity contribution >= 4 is 34.6 Å². The molecule has 0 unspecified atom stereocenters. The van der Waals surface area contributed by atoms with Crippen molar-refractivity contribution in [2.45, 2.75) is 62.4 Å². The number of aromatic nitrogens is 8. The number of benzene rings is 2. The number of pyridine rings is 1. The van der Waals surface area contributed by atoms with Crippen molar-refractivity contribution in [1.29, 1.82) is 0 Å². The Morgan fingerprint density at radius 3 is 2.40 bits per heavy atom. The van der Waals surface area contributed by atoms with Crippen LogP contribution in [0.2, 0.25) is 0 Å². The zero-order valence-electron chi connectivity index (χ0n) is 29.3. The Morgan fingerprint density at radius 2 is 1.70 bits per heavy atom. The van der Waals surface area contributed by atoms with Crippen LogP contribution >= 0.6 is 0 Å². The molecule has 6 aromatic rings. The molecule has 5 N–H and O–H groups in total. The molecule has 0 radical (unpaired) electrons. The van der Waals surface area contributed by atoms with Gasteiger partial charge in [-0.25, -0.2) is 9.78 Å². The van der Waals surface area contributed by atoms with E-state index in [-0.39, 0.29) is 18.0 Å². The van der Waals surface area contributed by atoms with Crippen LogP contribution in [0, 0.1) is 0 Å². The van der Waals surface area contributed by atoms with Crippen LogP contribution in [-0.4, -0.2) is 93.6 Å². The molecule has 8 rings (SSSR count). The fraction of sp³-hybridized carbons (Fsp3) is 0.342. The Bertz CT molecular complexity index is 2110. The predicted octanol–water partition coefficient (Wildman–Crippen LogP) is 3.93. The number of nitrogens with one attached hydrogen (secondary N) is 3. The second kappa shape index (κ2) is 15.0. The highest BCUT2D eigenvalue weighted by Gasteiger charge is 2.45. The first kappa shape index (κ1) is 34.2. The monoisotopic (exact) mass is 714 g/mol. The highest BCUT2D eigenvalue weighted by Crippen LogP contribution is 2.40. The number of aliphatic hydroxyl groups is 2. The number of urea groups is 1. The van der Waals surface area contributed by atoms with Gasteiger partial charge in [-0.15, -0.1) is 0 Å². The Kier molecular flexibility index (Phi) is 9.65. The van der Waals surface area contributed by atoms with Gasteiger partial charge < -0.3 is 35.6 Å². The van der Waals surface area contributed by atoms with Crippen LogP contribution in [0.1, 0.15) is 54.6 Å². The van der Waals surface area contributed by atoms with Crippen LogP contribution < -0.4 is 20.9 Å². The number of hydrogen-bond acceptors (Lipinski definition) is 11. The zero-order chi connectivity index (χ0) is 36.3. The van der Waals surface area contributed by atoms with Gasteiger partial charge in [0, 0.05) is 37.8 Å². The van der Waals surface area contributed by atoms with Crippen LogP contribution in [0.25, 0.3) is 11.2 Å². The van der Waals surface area contributed by atoms with Gasteiger partial charge in [-0.3, -0.25) is 4.98 Å². The van der Waals surface area contributed by atoms with Gasteiger partial charge in [0.05, 0.1) is 36.1 Å². The lowest BCUT2D eigenvalue weighted by Crippen LogP contribution is -2.40. The number of aryl methyl sites for hydroxylation is 1. The maximum Gasteiger partial charge on any atom is 0.319 e. The molecule has 5 atom stereocenters. The molecule has 272 valence electrons. The minimum absolute atomic E-state index is 0.0220. The number of nitrogens with zero attached hydrogens (tertiary/aromatic N) is 9. The number of amides is 2. The third-order valence-electron chi connectivity index (χ3n) is 10.2. The van der Waals surface area contributed by atoms with Crippen molar-refractivity contribution in [3.8, 4) is 0 Å². The highest BCUT2D eigenvalue weighted by atomic mass is 16.3. The van der Waals surface area contributed by atoms with Gasteiger partial charge >= 0.3 is 6.03 Å². The number of carbonyl (C=O) groups excluding carboxylic acids is 1. The second-order valence-electron chi connectivity index (χ2n) is 13.6. The first-order chi connectivity index (χ1) is 25.9. The number of fused-ring (bicyclic) bond motifs is 1.